The molecule has 4 heteroatoms. The van der Waals surface area contributed by atoms with Crippen molar-refractivity contribution in [2.45, 2.75) is 31.3 Å². The van der Waals surface area contributed by atoms with E-state index in [-0.39, 0.29) is 5.54 Å². The number of hydrogen-bond donors (Lipinski definition) is 1. The summed E-state index contributed by atoms with van der Waals surface area (Å²) in [7, 11) is 6.05. The van der Waals surface area contributed by atoms with Crippen LogP contribution in [0.25, 0.3) is 0 Å². The smallest absolute Gasteiger partial charge is 0.122 e. The number of likely N-dealkylation sites (N-methyl/N-ethyl adjacent to an activating group) is 1. The fourth-order valence-electron chi connectivity index (χ4n) is 3.23. The largest absolute Gasteiger partial charge is 0.496 e. The molecule has 0 saturated carbocycles. The summed E-state index contributed by atoms with van der Waals surface area (Å²) < 4.78 is 5.49. The second-order valence-electron chi connectivity index (χ2n) is 6.54. The molecule has 2 atom stereocenters. The molecule has 1 heterocycles. The number of benzene rings is 1. The highest BCUT2D eigenvalue weighted by atomic mass is 16.5. The molecule has 2 rings (SSSR count). The predicted molar refractivity (Wildman–Crippen MR) is 87.8 cm³/mol. The molecule has 1 aromatic rings. The van der Waals surface area contributed by atoms with Crippen LogP contribution >= 0.6 is 0 Å². The summed E-state index contributed by atoms with van der Waals surface area (Å²) in [6.07, 6.45) is 2.14. The zero-order valence-electron chi connectivity index (χ0n) is 13.8. The first-order chi connectivity index (χ1) is 10.00. The van der Waals surface area contributed by atoms with Crippen LogP contribution in [0.4, 0.5) is 0 Å². The summed E-state index contributed by atoms with van der Waals surface area (Å²) in [5, 5.41) is 0. The Hall–Kier alpha value is -1.10. The fourth-order valence-corrected chi connectivity index (χ4v) is 3.23. The van der Waals surface area contributed by atoms with Crippen molar-refractivity contribution >= 4 is 0 Å². The molecule has 21 heavy (non-hydrogen) atoms. The third-order valence-corrected chi connectivity index (χ3v) is 4.86. The normalized spacial score (nSPS) is 22.5. The first kappa shape index (κ1) is 16.3. The van der Waals surface area contributed by atoms with Crippen LogP contribution in [0.2, 0.25) is 0 Å². The highest BCUT2D eigenvalue weighted by Crippen LogP contribution is 2.29. The highest BCUT2D eigenvalue weighted by molar-refractivity contribution is 5.34. The lowest BCUT2D eigenvalue weighted by molar-refractivity contribution is 0.130. The molecule has 1 aliphatic heterocycles. The molecule has 2 unspecified atom stereocenters. The molecule has 0 aliphatic carbocycles. The molecule has 0 radical (unpaired) electrons. The SMILES string of the molecule is COc1ccccc1CC(C)(CN)N1CCC(N(C)C)C1. The molecule has 1 aromatic carbocycles. The van der Waals surface area contributed by atoms with E-state index < -0.39 is 0 Å². The van der Waals surface area contributed by atoms with Crippen LogP contribution in [0.1, 0.15) is 18.9 Å². The van der Waals surface area contributed by atoms with Crippen molar-refractivity contribution in [3.05, 3.63) is 29.8 Å². The van der Waals surface area contributed by atoms with Crippen LogP contribution in [0.3, 0.4) is 0 Å². The topological polar surface area (TPSA) is 41.7 Å². The molecule has 118 valence electrons. The number of likely N-dealkylation sites (tertiary alicyclic amines) is 1. The van der Waals surface area contributed by atoms with E-state index in [1.165, 1.54) is 12.0 Å². The molecule has 1 saturated heterocycles. The van der Waals surface area contributed by atoms with Gasteiger partial charge in [0.25, 0.3) is 0 Å². The van der Waals surface area contributed by atoms with Crippen LogP contribution in [0, 0.1) is 0 Å². The molecule has 0 bridgehead atoms. The summed E-state index contributed by atoms with van der Waals surface area (Å²) in [4.78, 5) is 4.87. The molecule has 4 nitrogen and oxygen atoms in total. The minimum absolute atomic E-state index is 0.0145. The van der Waals surface area contributed by atoms with E-state index in [4.69, 9.17) is 10.5 Å². The summed E-state index contributed by atoms with van der Waals surface area (Å²) in [5.74, 6) is 0.959. The van der Waals surface area contributed by atoms with Crippen LogP contribution in [-0.2, 0) is 6.42 Å². The third-order valence-electron chi connectivity index (χ3n) is 4.86. The fraction of sp³-hybridized carbons (Fsp3) is 0.647. The number of nitrogens with two attached hydrogens (primary N) is 1. The van der Waals surface area contributed by atoms with E-state index in [2.05, 4.69) is 43.0 Å². The van der Waals surface area contributed by atoms with E-state index in [0.717, 1.165) is 25.3 Å². The van der Waals surface area contributed by atoms with Gasteiger partial charge >= 0.3 is 0 Å². The molecule has 2 N–H and O–H groups in total. The minimum atomic E-state index is -0.0145. The average Bonchev–Trinajstić information content (AvgIpc) is 2.98. The highest BCUT2D eigenvalue weighted by Gasteiger charge is 2.37. The summed E-state index contributed by atoms with van der Waals surface area (Å²) in [6, 6.07) is 8.89. The van der Waals surface area contributed by atoms with Crippen molar-refractivity contribution in [3.8, 4) is 5.75 Å². The number of nitrogens with zero attached hydrogens (tertiary/aromatic N) is 2. The van der Waals surface area contributed by atoms with Gasteiger partial charge in [-0.2, -0.15) is 0 Å². The van der Waals surface area contributed by atoms with Crippen molar-refractivity contribution in [3.63, 3.8) is 0 Å². The monoisotopic (exact) mass is 291 g/mol. The Morgan fingerprint density at radius 2 is 2.10 bits per heavy atom. The standard InChI is InChI=1S/C17H29N3O/c1-17(13-18,20-10-9-15(12-20)19(2)3)11-14-7-5-6-8-16(14)21-4/h5-8,15H,9-13,18H2,1-4H3. The second-order valence-corrected chi connectivity index (χ2v) is 6.54. The lowest BCUT2D eigenvalue weighted by atomic mass is 9.90. The van der Waals surface area contributed by atoms with Gasteiger partial charge in [-0.15, -0.1) is 0 Å². The van der Waals surface area contributed by atoms with Crippen LogP contribution < -0.4 is 10.5 Å². The predicted octanol–water partition coefficient (Wildman–Crippen LogP) is 1.59. The molecular weight excluding hydrogens is 262 g/mol. The number of ether oxygens (including phenoxy) is 1. The average molecular weight is 291 g/mol. The van der Waals surface area contributed by atoms with E-state index >= 15 is 0 Å². The quantitative estimate of drug-likeness (QED) is 0.864. The maximum Gasteiger partial charge on any atom is 0.122 e. The van der Waals surface area contributed by atoms with Crippen molar-refractivity contribution in [1.82, 2.24) is 9.80 Å². The van der Waals surface area contributed by atoms with E-state index in [1.54, 1.807) is 7.11 Å². The Balaban J connectivity index is 2.14. The summed E-state index contributed by atoms with van der Waals surface area (Å²) in [6.45, 7) is 5.14. The molecule has 1 aliphatic rings. The Kier molecular flexibility index (Phi) is 5.25. The van der Waals surface area contributed by atoms with Gasteiger partial charge in [0.1, 0.15) is 5.75 Å². The van der Waals surface area contributed by atoms with Gasteiger partial charge in [-0.1, -0.05) is 18.2 Å². The second kappa shape index (κ2) is 6.77. The Bertz CT molecular complexity index is 463. The van der Waals surface area contributed by atoms with E-state index in [0.29, 0.717) is 12.6 Å². The Morgan fingerprint density at radius 1 is 1.38 bits per heavy atom. The van der Waals surface area contributed by atoms with Crippen LogP contribution in [-0.4, -0.2) is 62.2 Å². The first-order valence-corrected chi connectivity index (χ1v) is 7.73. The number of hydrogen-bond acceptors (Lipinski definition) is 4. The van der Waals surface area contributed by atoms with Crippen molar-refractivity contribution in [2.75, 3.05) is 40.8 Å². The van der Waals surface area contributed by atoms with Gasteiger partial charge in [0.2, 0.25) is 0 Å². The molecule has 0 spiro atoms. The van der Waals surface area contributed by atoms with Gasteiger partial charge in [0.05, 0.1) is 7.11 Å². The van der Waals surface area contributed by atoms with Crippen molar-refractivity contribution in [2.24, 2.45) is 5.73 Å². The number of para-hydroxylation sites is 1. The lowest BCUT2D eigenvalue weighted by Gasteiger charge is -2.39. The van der Waals surface area contributed by atoms with Crippen molar-refractivity contribution < 1.29 is 4.74 Å². The van der Waals surface area contributed by atoms with Gasteiger partial charge < -0.3 is 15.4 Å². The molecule has 0 amide bonds. The van der Waals surface area contributed by atoms with Gasteiger partial charge in [0, 0.05) is 31.2 Å². The maximum absolute atomic E-state index is 6.15. The van der Waals surface area contributed by atoms with E-state index in [1.807, 2.05) is 12.1 Å². The number of methoxy groups -OCH3 is 1. The third kappa shape index (κ3) is 3.57. The van der Waals surface area contributed by atoms with Gasteiger partial charge in [-0.3, -0.25) is 4.90 Å². The minimum Gasteiger partial charge on any atom is -0.496 e. The molecule has 0 aromatic heterocycles. The van der Waals surface area contributed by atoms with Crippen LogP contribution in [0.5, 0.6) is 5.75 Å². The van der Waals surface area contributed by atoms with Crippen molar-refractivity contribution in [1.29, 1.82) is 0 Å². The number of rotatable bonds is 6. The summed E-state index contributed by atoms with van der Waals surface area (Å²) in [5.41, 5.74) is 7.37. The zero-order chi connectivity index (χ0) is 15.5. The maximum atomic E-state index is 6.15. The van der Waals surface area contributed by atoms with Gasteiger partial charge in [0.15, 0.2) is 0 Å². The van der Waals surface area contributed by atoms with Gasteiger partial charge in [-0.25, -0.2) is 0 Å². The van der Waals surface area contributed by atoms with E-state index in [9.17, 15) is 0 Å². The Labute approximate surface area is 128 Å². The molecular formula is C17H29N3O. The zero-order valence-corrected chi connectivity index (χ0v) is 13.8. The molecule has 1 fully saturated rings. The lowest BCUT2D eigenvalue weighted by Crippen LogP contribution is -2.53. The first-order valence-electron chi connectivity index (χ1n) is 7.73. The van der Waals surface area contributed by atoms with Crippen LogP contribution in [0.15, 0.2) is 24.3 Å². The Morgan fingerprint density at radius 3 is 2.67 bits per heavy atom. The summed E-state index contributed by atoms with van der Waals surface area (Å²) >= 11 is 0. The van der Waals surface area contributed by atoms with Gasteiger partial charge in [-0.05, 0) is 45.5 Å².